The minimum atomic E-state index is 0.0181. The molecular formula is C23H30N2O2S. The van der Waals surface area contributed by atoms with Gasteiger partial charge in [0.05, 0.1) is 13.1 Å². The summed E-state index contributed by atoms with van der Waals surface area (Å²) in [6, 6.07) is 14.2. The molecule has 3 rings (SSSR count). The lowest BCUT2D eigenvalue weighted by Crippen LogP contribution is -2.44. The first kappa shape index (κ1) is 20.6. The lowest BCUT2D eigenvalue weighted by Gasteiger charge is -2.29. The quantitative estimate of drug-likeness (QED) is 0.625. The maximum Gasteiger partial charge on any atom is 0.242 e. The zero-order chi connectivity index (χ0) is 20.1. The number of aryl methyl sites for hydroxylation is 1. The average molecular weight is 399 g/mol. The fourth-order valence-electron chi connectivity index (χ4n) is 3.32. The molecule has 1 aliphatic rings. The molecule has 1 aliphatic carbocycles. The molecule has 4 nitrogen and oxygen atoms in total. The van der Waals surface area contributed by atoms with Crippen LogP contribution in [0, 0.1) is 18.8 Å². The molecule has 1 aromatic heterocycles. The highest BCUT2D eigenvalue weighted by molar-refractivity contribution is 7.11. The van der Waals surface area contributed by atoms with Gasteiger partial charge in [-0.1, -0.05) is 44.2 Å². The van der Waals surface area contributed by atoms with Crippen LogP contribution in [-0.4, -0.2) is 34.7 Å². The average Bonchev–Trinajstić information content (AvgIpc) is 3.43. The summed E-state index contributed by atoms with van der Waals surface area (Å²) in [6.07, 6.45) is 1.92. The fraction of sp³-hybridized carbons (Fsp3) is 0.478. The van der Waals surface area contributed by atoms with Crippen LogP contribution < -0.4 is 0 Å². The Balaban J connectivity index is 1.74. The van der Waals surface area contributed by atoms with Gasteiger partial charge >= 0.3 is 0 Å². The Labute approximate surface area is 172 Å². The third kappa shape index (κ3) is 5.93. The molecule has 0 unspecified atom stereocenters. The molecule has 28 heavy (non-hydrogen) atoms. The van der Waals surface area contributed by atoms with Gasteiger partial charge in [-0.15, -0.1) is 11.3 Å². The van der Waals surface area contributed by atoms with E-state index in [0.29, 0.717) is 25.6 Å². The second-order valence-corrected chi connectivity index (χ2v) is 9.51. The van der Waals surface area contributed by atoms with Crippen molar-refractivity contribution >= 4 is 23.2 Å². The van der Waals surface area contributed by atoms with Gasteiger partial charge in [-0.05, 0) is 43.4 Å². The molecule has 5 heteroatoms. The topological polar surface area (TPSA) is 40.6 Å². The van der Waals surface area contributed by atoms with Crippen LogP contribution in [0.2, 0.25) is 0 Å². The van der Waals surface area contributed by atoms with Crippen LogP contribution in [0.15, 0.2) is 42.5 Å². The van der Waals surface area contributed by atoms with Gasteiger partial charge in [0.1, 0.15) is 0 Å². The zero-order valence-corrected chi connectivity index (χ0v) is 17.9. The first-order valence-corrected chi connectivity index (χ1v) is 10.9. The van der Waals surface area contributed by atoms with E-state index < -0.39 is 0 Å². The van der Waals surface area contributed by atoms with Crippen molar-refractivity contribution in [2.75, 3.05) is 13.1 Å². The van der Waals surface area contributed by atoms with Crippen LogP contribution in [0.4, 0.5) is 0 Å². The third-order valence-electron chi connectivity index (χ3n) is 4.86. The molecule has 0 radical (unpaired) electrons. The monoisotopic (exact) mass is 398 g/mol. The number of hydrogen-bond acceptors (Lipinski definition) is 3. The van der Waals surface area contributed by atoms with E-state index in [4.69, 9.17) is 0 Å². The molecular weight excluding hydrogens is 368 g/mol. The Morgan fingerprint density at radius 3 is 2.32 bits per heavy atom. The molecule has 2 aromatic rings. The van der Waals surface area contributed by atoms with Gasteiger partial charge in [-0.3, -0.25) is 9.59 Å². The molecule has 0 aliphatic heterocycles. The number of benzene rings is 1. The van der Waals surface area contributed by atoms with Gasteiger partial charge in [0, 0.05) is 28.8 Å². The molecule has 1 heterocycles. The van der Waals surface area contributed by atoms with Crippen molar-refractivity contribution in [3.63, 3.8) is 0 Å². The summed E-state index contributed by atoms with van der Waals surface area (Å²) in [7, 11) is 0. The van der Waals surface area contributed by atoms with Crippen LogP contribution in [-0.2, 0) is 22.7 Å². The molecule has 1 fully saturated rings. The first-order chi connectivity index (χ1) is 13.4. The van der Waals surface area contributed by atoms with Gasteiger partial charge < -0.3 is 9.80 Å². The Hall–Kier alpha value is -2.14. The summed E-state index contributed by atoms with van der Waals surface area (Å²) in [4.78, 5) is 32.0. The van der Waals surface area contributed by atoms with Crippen LogP contribution in [0.1, 0.15) is 42.0 Å². The van der Waals surface area contributed by atoms with Crippen molar-refractivity contribution < 1.29 is 9.59 Å². The number of rotatable bonds is 9. The smallest absolute Gasteiger partial charge is 0.242 e. The molecule has 0 saturated heterocycles. The minimum absolute atomic E-state index is 0.0181. The number of hydrogen-bond donors (Lipinski definition) is 0. The predicted molar refractivity (Wildman–Crippen MR) is 114 cm³/mol. The molecule has 0 N–H and O–H groups in total. The van der Waals surface area contributed by atoms with Gasteiger partial charge in [0.2, 0.25) is 11.8 Å². The number of carbonyl (C=O) groups is 2. The maximum atomic E-state index is 13.2. The maximum absolute atomic E-state index is 13.2. The van der Waals surface area contributed by atoms with E-state index >= 15 is 0 Å². The Bertz CT molecular complexity index is 796. The van der Waals surface area contributed by atoms with Crippen LogP contribution in [0.25, 0.3) is 0 Å². The van der Waals surface area contributed by atoms with E-state index in [-0.39, 0.29) is 24.3 Å². The van der Waals surface area contributed by atoms with Crippen molar-refractivity contribution in [2.24, 2.45) is 11.8 Å². The summed E-state index contributed by atoms with van der Waals surface area (Å²) in [6.45, 7) is 8.21. The van der Waals surface area contributed by atoms with Crippen LogP contribution in [0.5, 0.6) is 0 Å². The molecule has 1 saturated carbocycles. The first-order valence-electron chi connectivity index (χ1n) is 10.1. The highest BCUT2D eigenvalue weighted by Gasteiger charge is 2.34. The second kappa shape index (κ2) is 9.37. The van der Waals surface area contributed by atoms with E-state index in [9.17, 15) is 9.59 Å². The molecule has 2 amide bonds. The highest BCUT2D eigenvalue weighted by atomic mass is 32.1. The molecule has 0 bridgehead atoms. The number of thiophene rings is 1. The van der Waals surface area contributed by atoms with E-state index in [1.54, 1.807) is 16.2 Å². The van der Waals surface area contributed by atoms with Crippen molar-refractivity contribution in [1.29, 1.82) is 0 Å². The van der Waals surface area contributed by atoms with Gasteiger partial charge in [-0.25, -0.2) is 0 Å². The lowest BCUT2D eigenvalue weighted by molar-refractivity contribution is -0.142. The normalized spacial score (nSPS) is 13.6. The summed E-state index contributed by atoms with van der Waals surface area (Å²) < 4.78 is 0. The lowest BCUT2D eigenvalue weighted by atomic mass is 10.2. The van der Waals surface area contributed by atoms with Gasteiger partial charge in [-0.2, -0.15) is 0 Å². The molecule has 0 atom stereocenters. The Morgan fingerprint density at radius 1 is 1.04 bits per heavy atom. The zero-order valence-electron chi connectivity index (χ0n) is 17.1. The summed E-state index contributed by atoms with van der Waals surface area (Å²) in [5.74, 6) is 0.644. The van der Waals surface area contributed by atoms with Crippen LogP contribution >= 0.6 is 11.3 Å². The SMILES string of the molecule is Cc1ccc(CN(Cc2ccccc2)C(=O)CN(CC(C)C)C(=O)C2CC2)s1. The third-order valence-corrected chi connectivity index (χ3v) is 5.85. The van der Waals surface area contributed by atoms with Crippen molar-refractivity contribution in [3.05, 3.63) is 57.8 Å². The van der Waals surface area contributed by atoms with Crippen LogP contribution in [0.3, 0.4) is 0 Å². The van der Waals surface area contributed by atoms with E-state index in [1.807, 2.05) is 35.2 Å². The molecule has 1 aromatic carbocycles. The summed E-state index contributed by atoms with van der Waals surface area (Å²) in [5, 5.41) is 0. The highest BCUT2D eigenvalue weighted by Crippen LogP contribution is 2.31. The number of carbonyl (C=O) groups excluding carboxylic acids is 2. The van der Waals surface area contributed by atoms with Gasteiger partial charge in [0.15, 0.2) is 0 Å². The van der Waals surface area contributed by atoms with Crippen molar-refractivity contribution in [2.45, 2.75) is 46.7 Å². The Morgan fingerprint density at radius 2 is 1.75 bits per heavy atom. The number of nitrogens with zero attached hydrogens (tertiary/aromatic N) is 2. The number of amides is 2. The van der Waals surface area contributed by atoms with E-state index in [1.165, 1.54) is 9.75 Å². The van der Waals surface area contributed by atoms with Crippen molar-refractivity contribution in [1.82, 2.24) is 9.80 Å². The summed E-state index contributed by atoms with van der Waals surface area (Å²) in [5.41, 5.74) is 1.10. The summed E-state index contributed by atoms with van der Waals surface area (Å²) >= 11 is 1.72. The standard InChI is InChI=1S/C23H30N2O2S/c1-17(2)13-25(23(27)20-10-11-20)16-22(26)24(14-19-7-5-4-6-8-19)15-21-12-9-18(3)28-21/h4-9,12,17,20H,10-11,13-16H2,1-3H3. The molecule has 0 spiro atoms. The molecule has 150 valence electrons. The van der Waals surface area contributed by atoms with E-state index in [0.717, 1.165) is 18.4 Å². The van der Waals surface area contributed by atoms with Crippen molar-refractivity contribution in [3.8, 4) is 0 Å². The second-order valence-electron chi connectivity index (χ2n) is 8.13. The van der Waals surface area contributed by atoms with E-state index in [2.05, 4.69) is 32.9 Å². The van der Waals surface area contributed by atoms with Gasteiger partial charge in [0.25, 0.3) is 0 Å². The predicted octanol–water partition coefficient (Wildman–Crippen LogP) is 4.48. The fourth-order valence-corrected chi connectivity index (χ4v) is 4.23. The minimum Gasteiger partial charge on any atom is -0.333 e. The largest absolute Gasteiger partial charge is 0.333 e. The Kier molecular flexibility index (Phi) is 6.89.